The first-order chi connectivity index (χ1) is 12.7. The number of carbonyl (C=O) groups is 1. The molecule has 2 aromatic rings. The van der Waals surface area contributed by atoms with Crippen LogP contribution in [0.1, 0.15) is 43.1 Å². The number of amides is 1. The minimum atomic E-state index is -3.64. The zero-order valence-corrected chi connectivity index (χ0v) is 17.0. The molecule has 144 valence electrons. The fourth-order valence-electron chi connectivity index (χ4n) is 3.37. The van der Waals surface area contributed by atoms with Crippen LogP contribution in [0.15, 0.2) is 53.4 Å². The fourth-order valence-corrected chi connectivity index (χ4v) is 4.78. The highest BCUT2D eigenvalue weighted by Gasteiger charge is 2.30. The zero-order chi connectivity index (χ0) is 19.8. The molecule has 27 heavy (non-hydrogen) atoms. The molecule has 6 heteroatoms. The molecule has 0 fully saturated rings. The van der Waals surface area contributed by atoms with Crippen LogP contribution >= 0.6 is 0 Å². The number of hydrogen-bond donors (Lipinski definition) is 0. The van der Waals surface area contributed by atoms with Crippen LogP contribution in [-0.4, -0.2) is 37.8 Å². The Morgan fingerprint density at radius 1 is 1.15 bits per heavy atom. The summed E-state index contributed by atoms with van der Waals surface area (Å²) in [5.41, 5.74) is 2.44. The topological polar surface area (TPSA) is 57.7 Å². The average Bonchev–Trinajstić information content (AvgIpc) is 2.66. The third kappa shape index (κ3) is 3.64. The molecule has 1 aliphatic heterocycles. The molecule has 0 radical (unpaired) electrons. The van der Waals surface area contributed by atoms with E-state index < -0.39 is 10.0 Å². The molecule has 3 rings (SSSR count). The molecule has 0 spiro atoms. The van der Waals surface area contributed by atoms with Gasteiger partial charge in [0.25, 0.3) is 5.91 Å². The summed E-state index contributed by atoms with van der Waals surface area (Å²) in [6, 6.07) is 14.1. The Morgan fingerprint density at radius 3 is 2.56 bits per heavy atom. The Kier molecular flexibility index (Phi) is 5.40. The van der Waals surface area contributed by atoms with Crippen molar-refractivity contribution in [3.8, 4) is 0 Å². The molecule has 1 amide bonds. The smallest absolute Gasteiger partial charge is 0.258 e. The van der Waals surface area contributed by atoms with E-state index in [0.717, 1.165) is 24.1 Å². The van der Waals surface area contributed by atoms with Gasteiger partial charge in [0.1, 0.15) is 0 Å². The Bertz CT molecular complexity index is 953. The lowest BCUT2D eigenvalue weighted by atomic mass is 9.96. The van der Waals surface area contributed by atoms with Crippen LogP contribution in [0.5, 0.6) is 0 Å². The van der Waals surface area contributed by atoms with Crippen LogP contribution in [0.3, 0.4) is 0 Å². The summed E-state index contributed by atoms with van der Waals surface area (Å²) in [7, 11) is -2.08. The molecule has 0 aromatic heterocycles. The molecule has 0 saturated carbocycles. The van der Waals surface area contributed by atoms with Crippen molar-refractivity contribution in [2.45, 2.75) is 50.6 Å². The first-order valence-corrected chi connectivity index (χ1v) is 10.7. The van der Waals surface area contributed by atoms with E-state index >= 15 is 0 Å². The van der Waals surface area contributed by atoms with Crippen molar-refractivity contribution in [3.63, 3.8) is 0 Å². The highest BCUT2D eigenvalue weighted by atomic mass is 32.2. The van der Waals surface area contributed by atoms with Crippen LogP contribution in [-0.2, 0) is 16.4 Å². The third-order valence-corrected chi connectivity index (χ3v) is 7.26. The van der Waals surface area contributed by atoms with E-state index in [-0.39, 0.29) is 22.9 Å². The van der Waals surface area contributed by atoms with Crippen molar-refractivity contribution in [1.82, 2.24) is 4.31 Å². The maximum atomic E-state index is 13.3. The number of rotatable bonds is 4. The summed E-state index contributed by atoms with van der Waals surface area (Å²) in [4.78, 5) is 15.2. The van der Waals surface area contributed by atoms with Gasteiger partial charge in [-0.15, -0.1) is 0 Å². The quantitative estimate of drug-likeness (QED) is 0.805. The normalized spacial score (nSPS) is 17.3. The molecule has 0 N–H and O–H groups in total. The second kappa shape index (κ2) is 7.44. The van der Waals surface area contributed by atoms with Crippen LogP contribution in [0.25, 0.3) is 0 Å². The number of anilines is 1. The summed E-state index contributed by atoms with van der Waals surface area (Å²) < 4.78 is 26.9. The van der Waals surface area contributed by atoms with E-state index in [1.54, 1.807) is 30.1 Å². The lowest BCUT2D eigenvalue weighted by Crippen LogP contribution is -2.42. The largest absolute Gasteiger partial charge is 0.305 e. The lowest BCUT2D eigenvalue weighted by Gasteiger charge is -2.35. The standard InChI is InChI=1S/C21H26N2O3S/c1-15(2)22(4)27(25,26)19-10-7-9-18(14-19)21(24)23-16(3)12-13-17-8-5-6-11-20(17)23/h5-11,14-16H,12-13H2,1-4H3. The number of benzene rings is 2. The van der Waals surface area contributed by atoms with Crippen molar-refractivity contribution >= 4 is 21.6 Å². The van der Waals surface area contributed by atoms with Crippen molar-refractivity contribution in [3.05, 3.63) is 59.7 Å². The summed E-state index contributed by atoms with van der Waals surface area (Å²) in [5, 5.41) is 0. The molecular weight excluding hydrogens is 360 g/mol. The maximum Gasteiger partial charge on any atom is 0.258 e. The van der Waals surface area contributed by atoms with E-state index in [4.69, 9.17) is 0 Å². The van der Waals surface area contributed by atoms with Gasteiger partial charge in [0.2, 0.25) is 10.0 Å². The molecular formula is C21H26N2O3S. The predicted octanol–water partition coefficient (Wildman–Crippen LogP) is 3.70. The third-order valence-electron chi connectivity index (χ3n) is 5.23. The van der Waals surface area contributed by atoms with E-state index in [0.29, 0.717) is 5.56 Å². The zero-order valence-electron chi connectivity index (χ0n) is 16.2. The van der Waals surface area contributed by atoms with Gasteiger partial charge in [-0.2, -0.15) is 4.31 Å². The van der Waals surface area contributed by atoms with Gasteiger partial charge in [0, 0.05) is 30.4 Å². The van der Waals surface area contributed by atoms with Crippen molar-refractivity contribution in [2.24, 2.45) is 0 Å². The van der Waals surface area contributed by atoms with Crippen LogP contribution in [0.2, 0.25) is 0 Å². The van der Waals surface area contributed by atoms with Gasteiger partial charge in [-0.25, -0.2) is 8.42 Å². The van der Waals surface area contributed by atoms with Crippen molar-refractivity contribution in [1.29, 1.82) is 0 Å². The van der Waals surface area contributed by atoms with Gasteiger partial charge < -0.3 is 4.90 Å². The van der Waals surface area contributed by atoms with Gasteiger partial charge in [0.05, 0.1) is 4.90 Å². The highest BCUT2D eigenvalue weighted by Crippen LogP contribution is 2.32. The summed E-state index contributed by atoms with van der Waals surface area (Å²) >= 11 is 0. The number of sulfonamides is 1. The first-order valence-electron chi connectivity index (χ1n) is 9.23. The minimum absolute atomic E-state index is 0.0611. The van der Waals surface area contributed by atoms with Gasteiger partial charge in [-0.1, -0.05) is 24.3 Å². The Morgan fingerprint density at radius 2 is 1.85 bits per heavy atom. The van der Waals surface area contributed by atoms with Crippen LogP contribution in [0, 0.1) is 0 Å². The maximum absolute atomic E-state index is 13.3. The molecule has 0 aliphatic carbocycles. The number of para-hydroxylation sites is 1. The molecule has 1 heterocycles. The Balaban J connectivity index is 2.00. The summed E-state index contributed by atoms with van der Waals surface area (Å²) in [5.74, 6) is -0.168. The number of aryl methyl sites for hydroxylation is 1. The predicted molar refractivity (Wildman–Crippen MR) is 108 cm³/mol. The molecule has 0 bridgehead atoms. The van der Waals surface area contributed by atoms with E-state index in [2.05, 4.69) is 0 Å². The highest BCUT2D eigenvalue weighted by molar-refractivity contribution is 7.89. The SMILES string of the molecule is CC1CCc2ccccc2N1C(=O)c1cccc(S(=O)(=O)N(C)C(C)C)c1. The van der Waals surface area contributed by atoms with Gasteiger partial charge in [-0.3, -0.25) is 4.79 Å². The van der Waals surface area contributed by atoms with Gasteiger partial charge in [-0.05, 0) is 63.4 Å². The second-order valence-electron chi connectivity index (χ2n) is 7.33. The second-order valence-corrected chi connectivity index (χ2v) is 9.33. The van der Waals surface area contributed by atoms with Crippen molar-refractivity contribution in [2.75, 3.05) is 11.9 Å². The average molecular weight is 387 g/mol. The number of carbonyl (C=O) groups excluding carboxylic acids is 1. The lowest BCUT2D eigenvalue weighted by molar-refractivity contribution is 0.0975. The first kappa shape index (κ1) is 19.6. The Labute approximate surface area is 161 Å². The van der Waals surface area contributed by atoms with Gasteiger partial charge in [0.15, 0.2) is 0 Å². The molecule has 5 nitrogen and oxygen atoms in total. The molecule has 1 aliphatic rings. The van der Waals surface area contributed by atoms with Crippen molar-refractivity contribution < 1.29 is 13.2 Å². The number of hydrogen-bond acceptors (Lipinski definition) is 3. The molecule has 2 aromatic carbocycles. The van der Waals surface area contributed by atoms with E-state index in [9.17, 15) is 13.2 Å². The van der Waals surface area contributed by atoms with E-state index in [1.165, 1.54) is 10.4 Å². The summed E-state index contributed by atoms with van der Waals surface area (Å²) in [6.07, 6.45) is 1.82. The van der Waals surface area contributed by atoms with Crippen LogP contribution < -0.4 is 4.90 Å². The fraction of sp³-hybridized carbons (Fsp3) is 0.381. The number of nitrogens with zero attached hydrogens (tertiary/aromatic N) is 2. The van der Waals surface area contributed by atoms with Gasteiger partial charge >= 0.3 is 0 Å². The number of fused-ring (bicyclic) bond motifs is 1. The summed E-state index contributed by atoms with van der Waals surface area (Å²) in [6.45, 7) is 5.67. The monoisotopic (exact) mass is 386 g/mol. The Hall–Kier alpha value is -2.18. The molecule has 1 atom stereocenters. The van der Waals surface area contributed by atoms with E-state index in [1.807, 2.05) is 45.0 Å². The van der Waals surface area contributed by atoms with Crippen LogP contribution in [0.4, 0.5) is 5.69 Å². The minimum Gasteiger partial charge on any atom is -0.305 e. The molecule has 1 unspecified atom stereocenters. The molecule has 0 saturated heterocycles.